The van der Waals surface area contributed by atoms with Crippen LogP contribution in [0.4, 0.5) is 0 Å². The molecule has 1 saturated carbocycles. The van der Waals surface area contributed by atoms with Crippen molar-refractivity contribution in [1.29, 1.82) is 0 Å². The molecule has 0 spiro atoms. The fraction of sp³-hybridized carbons (Fsp3) is 0.579. The van der Waals surface area contributed by atoms with Crippen LogP contribution in [-0.4, -0.2) is 48.9 Å². The van der Waals surface area contributed by atoms with Gasteiger partial charge in [-0.1, -0.05) is 43.2 Å². The van der Waals surface area contributed by atoms with E-state index in [1.165, 1.54) is 31.0 Å². The lowest BCUT2D eigenvalue weighted by atomic mass is 9.94. The van der Waals surface area contributed by atoms with Crippen molar-refractivity contribution >= 4 is 17.7 Å². The quantitative estimate of drug-likeness (QED) is 0.724. The van der Waals surface area contributed by atoms with Crippen LogP contribution < -0.4 is 0 Å². The lowest BCUT2D eigenvalue weighted by molar-refractivity contribution is -0.133. The number of hydrogen-bond acceptors (Lipinski definition) is 5. The van der Waals surface area contributed by atoms with Gasteiger partial charge < -0.3 is 4.90 Å². The fourth-order valence-corrected chi connectivity index (χ4v) is 4.48. The molecular formula is C19H27N5OS. The van der Waals surface area contributed by atoms with E-state index in [1.54, 1.807) is 4.68 Å². The van der Waals surface area contributed by atoms with Crippen LogP contribution in [0.1, 0.15) is 51.5 Å². The molecule has 1 unspecified atom stereocenters. The normalized spacial score (nSPS) is 16.4. The lowest BCUT2D eigenvalue weighted by Gasteiger charge is -2.35. The number of aromatic nitrogens is 4. The molecule has 1 fully saturated rings. The highest BCUT2D eigenvalue weighted by Crippen LogP contribution is 2.28. The van der Waals surface area contributed by atoms with Gasteiger partial charge in [-0.05, 0) is 61.7 Å². The Kier molecular flexibility index (Phi) is 6.29. The summed E-state index contributed by atoms with van der Waals surface area (Å²) in [6, 6.07) is 8.41. The first-order chi connectivity index (χ1) is 12.6. The predicted molar refractivity (Wildman–Crippen MR) is 103 cm³/mol. The summed E-state index contributed by atoms with van der Waals surface area (Å²) in [5.41, 5.74) is 2.06. The Morgan fingerprint density at radius 2 is 2.12 bits per heavy atom. The van der Waals surface area contributed by atoms with Crippen molar-refractivity contribution in [3.63, 3.8) is 0 Å². The largest absolute Gasteiger partial charge is 0.339 e. The van der Waals surface area contributed by atoms with Crippen LogP contribution in [0.5, 0.6) is 0 Å². The number of carbonyl (C=O) groups is 1. The van der Waals surface area contributed by atoms with Gasteiger partial charge in [0.25, 0.3) is 0 Å². The SMILES string of the molecule is CCN(C(=O)C(C)Sc1nnnn1-c1cccc(C)c1)C1CCCCC1. The molecule has 0 radical (unpaired) electrons. The Hall–Kier alpha value is -1.89. The summed E-state index contributed by atoms with van der Waals surface area (Å²) >= 11 is 1.43. The molecule has 1 aromatic carbocycles. The molecule has 1 amide bonds. The average Bonchev–Trinajstić information content (AvgIpc) is 3.11. The molecule has 1 atom stereocenters. The van der Waals surface area contributed by atoms with E-state index in [0.717, 1.165) is 30.6 Å². The molecule has 140 valence electrons. The Labute approximate surface area is 159 Å². The zero-order chi connectivity index (χ0) is 18.5. The van der Waals surface area contributed by atoms with Gasteiger partial charge in [0, 0.05) is 12.6 Å². The van der Waals surface area contributed by atoms with Crippen LogP contribution in [0, 0.1) is 6.92 Å². The van der Waals surface area contributed by atoms with Crippen molar-refractivity contribution in [2.24, 2.45) is 0 Å². The molecule has 3 rings (SSSR count). The van der Waals surface area contributed by atoms with E-state index in [1.807, 2.05) is 38.1 Å². The summed E-state index contributed by atoms with van der Waals surface area (Å²) in [6.07, 6.45) is 5.98. The number of aryl methyl sites for hydroxylation is 1. The molecule has 1 heterocycles. The minimum atomic E-state index is -0.216. The van der Waals surface area contributed by atoms with Crippen molar-refractivity contribution in [3.8, 4) is 5.69 Å². The van der Waals surface area contributed by atoms with E-state index in [0.29, 0.717) is 11.2 Å². The minimum absolute atomic E-state index is 0.184. The molecule has 6 nitrogen and oxygen atoms in total. The zero-order valence-corrected chi connectivity index (χ0v) is 16.6. The van der Waals surface area contributed by atoms with Gasteiger partial charge in [0.15, 0.2) is 0 Å². The van der Waals surface area contributed by atoms with Gasteiger partial charge in [-0.2, -0.15) is 4.68 Å². The van der Waals surface area contributed by atoms with Crippen molar-refractivity contribution in [1.82, 2.24) is 25.1 Å². The number of amides is 1. The number of thioether (sulfide) groups is 1. The maximum atomic E-state index is 13.0. The van der Waals surface area contributed by atoms with Gasteiger partial charge in [-0.3, -0.25) is 4.79 Å². The fourth-order valence-electron chi connectivity index (χ4n) is 3.60. The third kappa shape index (κ3) is 4.26. The van der Waals surface area contributed by atoms with Crippen LogP contribution in [0.25, 0.3) is 5.69 Å². The molecule has 1 aliphatic carbocycles. The Bertz CT molecular complexity index is 741. The molecule has 1 aromatic heterocycles. The summed E-state index contributed by atoms with van der Waals surface area (Å²) in [4.78, 5) is 15.1. The van der Waals surface area contributed by atoms with E-state index >= 15 is 0 Å². The monoisotopic (exact) mass is 373 g/mol. The van der Waals surface area contributed by atoms with Crippen LogP contribution in [-0.2, 0) is 4.79 Å². The van der Waals surface area contributed by atoms with Gasteiger partial charge >= 0.3 is 0 Å². The highest BCUT2D eigenvalue weighted by atomic mass is 32.2. The first-order valence-corrected chi connectivity index (χ1v) is 10.3. The first-order valence-electron chi connectivity index (χ1n) is 9.42. The van der Waals surface area contributed by atoms with E-state index < -0.39 is 0 Å². The summed E-state index contributed by atoms with van der Waals surface area (Å²) in [7, 11) is 0. The van der Waals surface area contributed by atoms with Crippen molar-refractivity contribution < 1.29 is 4.79 Å². The third-order valence-corrected chi connectivity index (χ3v) is 5.98. The van der Waals surface area contributed by atoms with Gasteiger partial charge in [-0.15, -0.1) is 5.10 Å². The second kappa shape index (κ2) is 8.66. The highest BCUT2D eigenvalue weighted by molar-refractivity contribution is 8.00. The first kappa shape index (κ1) is 18.9. The number of rotatable bonds is 6. The summed E-state index contributed by atoms with van der Waals surface area (Å²) in [5.74, 6) is 0.184. The van der Waals surface area contributed by atoms with E-state index in [-0.39, 0.29) is 11.2 Å². The number of hydrogen-bond donors (Lipinski definition) is 0. The maximum absolute atomic E-state index is 13.0. The molecular weight excluding hydrogens is 346 g/mol. The van der Waals surface area contributed by atoms with Crippen LogP contribution >= 0.6 is 11.8 Å². The molecule has 0 aliphatic heterocycles. The molecule has 2 aromatic rings. The molecule has 26 heavy (non-hydrogen) atoms. The molecule has 0 bridgehead atoms. The molecule has 0 saturated heterocycles. The smallest absolute Gasteiger partial charge is 0.236 e. The van der Waals surface area contributed by atoms with E-state index in [2.05, 4.69) is 27.3 Å². The minimum Gasteiger partial charge on any atom is -0.339 e. The number of tetrazole rings is 1. The Balaban J connectivity index is 1.72. The van der Waals surface area contributed by atoms with Gasteiger partial charge in [0.05, 0.1) is 10.9 Å². The van der Waals surface area contributed by atoms with Gasteiger partial charge in [0.2, 0.25) is 11.1 Å². The standard InChI is InChI=1S/C19H27N5OS/c1-4-23(16-10-6-5-7-11-16)18(25)15(3)26-19-20-21-22-24(19)17-12-8-9-14(2)13-17/h8-9,12-13,15-16H,4-7,10-11H2,1-3H3. The molecule has 7 heteroatoms. The second-order valence-electron chi connectivity index (χ2n) is 6.89. The summed E-state index contributed by atoms with van der Waals surface area (Å²) in [6.45, 7) is 6.82. The van der Waals surface area contributed by atoms with Crippen molar-refractivity contribution in [2.45, 2.75) is 69.3 Å². The van der Waals surface area contributed by atoms with Gasteiger partial charge in [-0.25, -0.2) is 0 Å². The van der Waals surface area contributed by atoms with Crippen LogP contribution in [0.3, 0.4) is 0 Å². The van der Waals surface area contributed by atoms with E-state index in [4.69, 9.17) is 0 Å². The molecule has 1 aliphatic rings. The topological polar surface area (TPSA) is 63.9 Å². The summed E-state index contributed by atoms with van der Waals surface area (Å²) < 4.78 is 1.71. The Morgan fingerprint density at radius 3 is 2.81 bits per heavy atom. The van der Waals surface area contributed by atoms with Gasteiger partial charge in [0.1, 0.15) is 0 Å². The second-order valence-corrected chi connectivity index (χ2v) is 8.20. The maximum Gasteiger partial charge on any atom is 0.236 e. The zero-order valence-electron chi connectivity index (χ0n) is 15.8. The average molecular weight is 374 g/mol. The molecule has 0 N–H and O–H groups in total. The number of carbonyl (C=O) groups excluding carboxylic acids is 1. The van der Waals surface area contributed by atoms with E-state index in [9.17, 15) is 4.79 Å². The number of nitrogens with zero attached hydrogens (tertiary/aromatic N) is 5. The Morgan fingerprint density at radius 1 is 1.35 bits per heavy atom. The third-order valence-electron chi connectivity index (χ3n) is 4.96. The predicted octanol–water partition coefficient (Wildman–Crippen LogP) is 3.63. The van der Waals surface area contributed by atoms with Crippen molar-refractivity contribution in [2.75, 3.05) is 6.54 Å². The highest BCUT2D eigenvalue weighted by Gasteiger charge is 2.29. The van der Waals surface area contributed by atoms with Crippen molar-refractivity contribution in [3.05, 3.63) is 29.8 Å². The number of benzene rings is 1. The summed E-state index contributed by atoms with van der Waals surface area (Å²) in [5, 5.41) is 12.5. The van der Waals surface area contributed by atoms with Crippen LogP contribution in [0.15, 0.2) is 29.4 Å². The lowest BCUT2D eigenvalue weighted by Crippen LogP contribution is -2.44. The van der Waals surface area contributed by atoms with Crippen LogP contribution in [0.2, 0.25) is 0 Å².